The second kappa shape index (κ2) is 14.2. The number of carbonyl (C=O) groups is 2. The van der Waals surface area contributed by atoms with Gasteiger partial charge in [0.2, 0.25) is 0 Å². The minimum atomic E-state index is -1.50. The number of rotatable bonds is 11. The number of aliphatic hydroxyl groups excluding tert-OH is 4. The monoisotopic (exact) mass is 570 g/mol. The van der Waals surface area contributed by atoms with Crippen molar-refractivity contribution >= 4 is 23.5 Å². The van der Waals surface area contributed by atoms with E-state index in [0.29, 0.717) is 22.0 Å². The largest absolute Gasteiger partial charge is 0.466 e. The minimum Gasteiger partial charge on any atom is -0.466 e. The first-order valence-corrected chi connectivity index (χ1v) is 12.9. The molecular formula is C26H35ClN2O10. The fourth-order valence-electron chi connectivity index (χ4n) is 4.58. The molecule has 4 unspecified atom stereocenters. The highest BCUT2D eigenvalue weighted by Crippen LogP contribution is 2.41. The van der Waals surface area contributed by atoms with E-state index in [0.717, 1.165) is 0 Å². The Labute approximate surface area is 231 Å². The SMILES string of the molecule is CCOC(=O)C1=C(COCCN[C@@H]2OC(CO)[C@H](O)C(O)C2O)NC(C)=C(C(=O)OC)C1c1ccccc1Cl. The summed E-state index contributed by atoms with van der Waals surface area (Å²) in [6.07, 6.45) is -6.47. The molecule has 12 nitrogen and oxygen atoms in total. The predicted molar refractivity (Wildman–Crippen MR) is 138 cm³/mol. The van der Waals surface area contributed by atoms with E-state index in [1.807, 2.05) is 0 Å². The first-order chi connectivity index (χ1) is 18.7. The van der Waals surface area contributed by atoms with Crippen molar-refractivity contribution in [2.24, 2.45) is 0 Å². The molecule has 0 bridgehead atoms. The Balaban J connectivity index is 1.80. The van der Waals surface area contributed by atoms with Crippen LogP contribution in [0.4, 0.5) is 0 Å². The number of aliphatic hydroxyl groups is 4. The van der Waals surface area contributed by atoms with Crippen LogP contribution < -0.4 is 10.6 Å². The van der Waals surface area contributed by atoms with Crippen LogP contribution in [0.3, 0.4) is 0 Å². The molecule has 2 aliphatic heterocycles. The number of methoxy groups -OCH3 is 1. The van der Waals surface area contributed by atoms with Crippen LogP contribution in [-0.2, 0) is 28.5 Å². The molecule has 0 radical (unpaired) electrons. The topological polar surface area (TPSA) is 176 Å². The molecule has 1 aromatic carbocycles. The average molecular weight is 571 g/mol. The lowest BCUT2D eigenvalue weighted by Crippen LogP contribution is -2.62. The van der Waals surface area contributed by atoms with Crippen LogP contribution >= 0.6 is 11.6 Å². The van der Waals surface area contributed by atoms with Crippen LogP contribution in [0.2, 0.25) is 5.02 Å². The van der Waals surface area contributed by atoms with Crippen molar-refractivity contribution in [1.82, 2.24) is 10.6 Å². The number of halogens is 1. The van der Waals surface area contributed by atoms with Crippen molar-refractivity contribution in [3.8, 4) is 0 Å². The number of carbonyl (C=O) groups excluding carboxylic acids is 2. The molecule has 0 saturated carbocycles. The van der Waals surface area contributed by atoms with Crippen LogP contribution in [0.25, 0.3) is 0 Å². The zero-order valence-electron chi connectivity index (χ0n) is 21.9. The quantitative estimate of drug-likeness (QED) is 0.151. The second-order valence-corrected chi connectivity index (χ2v) is 9.39. The number of allylic oxidation sites excluding steroid dienone is 1. The fraction of sp³-hybridized carbons (Fsp3) is 0.538. The lowest BCUT2D eigenvalue weighted by Gasteiger charge is -2.40. The molecule has 39 heavy (non-hydrogen) atoms. The van der Waals surface area contributed by atoms with E-state index in [9.17, 15) is 30.0 Å². The molecule has 0 amide bonds. The van der Waals surface area contributed by atoms with Crippen molar-refractivity contribution in [3.05, 3.63) is 57.4 Å². The van der Waals surface area contributed by atoms with Crippen LogP contribution in [0.5, 0.6) is 0 Å². The first-order valence-electron chi connectivity index (χ1n) is 12.5. The smallest absolute Gasteiger partial charge is 0.336 e. The summed E-state index contributed by atoms with van der Waals surface area (Å²) in [5.74, 6) is -2.16. The van der Waals surface area contributed by atoms with Gasteiger partial charge in [0.1, 0.15) is 30.6 Å². The number of nitrogens with one attached hydrogen (secondary N) is 2. The standard InChI is InChI=1S/C26H35ClN2O10/c1-4-38-26(35)20-16(12-37-10-9-28-24-23(33)22(32)21(31)17(11-30)39-24)29-13(2)18(25(34)36-3)19(20)14-7-5-6-8-15(14)27/h5-8,17,19,21-24,28-33H,4,9-12H2,1-3H3/t17?,19?,21-,22?,23?,24+/m0/s1. The average Bonchev–Trinajstić information content (AvgIpc) is 2.92. The van der Waals surface area contributed by atoms with Crippen LogP contribution in [0.15, 0.2) is 46.8 Å². The molecule has 13 heteroatoms. The van der Waals surface area contributed by atoms with E-state index in [1.165, 1.54) is 7.11 Å². The third-order valence-electron chi connectivity index (χ3n) is 6.49. The van der Waals surface area contributed by atoms with Gasteiger partial charge in [0.25, 0.3) is 0 Å². The summed E-state index contributed by atoms with van der Waals surface area (Å²) in [6.45, 7) is 3.08. The highest BCUT2D eigenvalue weighted by Gasteiger charge is 2.43. The van der Waals surface area contributed by atoms with Crippen molar-refractivity contribution in [2.75, 3.05) is 40.1 Å². The summed E-state index contributed by atoms with van der Waals surface area (Å²) in [7, 11) is 1.25. The Morgan fingerprint density at radius 2 is 1.82 bits per heavy atom. The van der Waals surface area contributed by atoms with Gasteiger partial charge in [-0.15, -0.1) is 0 Å². The van der Waals surface area contributed by atoms with Gasteiger partial charge in [0, 0.05) is 17.3 Å². The van der Waals surface area contributed by atoms with E-state index in [-0.39, 0.29) is 37.5 Å². The zero-order chi connectivity index (χ0) is 28.7. The molecule has 0 aromatic heterocycles. The lowest BCUT2D eigenvalue weighted by molar-refractivity contribution is -0.236. The Hall–Kier alpha value is -2.55. The zero-order valence-corrected chi connectivity index (χ0v) is 22.7. The minimum absolute atomic E-state index is 0.0722. The van der Waals surface area contributed by atoms with Crippen molar-refractivity contribution in [2.45, 2.75) is 50.4 Å². The summed E-state index contributed by atoms with van der Waals surface area (Å²) in [5, 5.41) is 45.6. The fourth-order valence-corrected chi connectivity index (χ4v) is 4.82. The second-order valence-electron chi connectivity index (χ2n) is 8.98. The summed E-state index contributed by atoms with van der Waals surface area (Å²) in [5.41, 5.74) is 1.71. The van der Waals surface area contributed by atoms with Gasteiger partial charge in [0.05, 0.1) is 56.3 Å². The number of ether oxygens (including phenoxy) is 4. The molecule has 6 atom stereocenters. The van der Waals surface area contributed by atoms with Crippen LogP contribution in [0.1, 0.15) is 25.3 Å². The summed E-state index contributed by atoms with van der Waals surface area (Å²) in [4.78, 5) is 26.0. The van der Waals surface area contributed by atoms with Crippen LogP contribution in [0, 0.1) is 0 Å². The Morgan fingerprint density at radius 3 is 2.46 bits per heavy atom. The predicted octanol–water partition coefficient (Wildman–Crippen LogP) is -0.303. The van der Waals surface area contributed by atoms with E-state index >= 15 is 0 Å². The third kappa shape index (κ3) is 6.97. The molecule has 1 aromatic rings. The van der Waals surface area contributed by atoms with E-state index < -0.39 is 55.1 Å². The highest BCUT2D eigenvalue weighted by molar-refractivity contribution is 6.31. The third-order valence-corrected chi connectivity index (χ3v) is 6.84. The number of hydrogen-bond acceptors (Lipinski definition) is 12. The van der Waals surface area contributed by atoms with E-state index in [4.69, 9.17) is 30.5 Å². The molecule has 0 spiro atoms. The number of hydrogen-bond donors (Lipinski definition) is 6. The molecular weight excluding hydrogens is 536 g/mol. The molecule has 2 aliphatic rings. The van der Waals surface area contributed by atoms with Gasteiger partial charge in [-0.05, 0) is 25.5 Å². The maximum absolute atomic E-state index is 13.2. The molecule has 216 valence electrons. The summed E-state index contributed by atoms with van der Waals surface area (Å²) >= 11 is 6.49. The molecule has 6 N–H and O–H groups in total. The van der Waals surface area contributed by atoms with Crippen molar-refractivity contribution in [1.29, 1.82) is 0 Å². The van der Waals surface area contributed by atoms with Gasteiger partial charge < -0.3 is 44.7 Å². The maximum Gasteiger partial charge on any atom is 0.336 e. The Kier molecular flexibility index (Phi) is 11.3. The first kappa shape index (κ1) is 31.0. The van der Waals surface area contributed by atoms with E-state index in [2.05, 4.69) is 10.6 Å². The Bertz CT molecular complexity index is 1090. The summed E-state index contributed by atoms with van der Waals surface area (Å²) in [6, 6.07) is 6.86. The number of dihydropyridines is 1. The Morgan fingerprint density at radius 1 is 1.10 bits per heavy atom. The van der Waals surface area contributed by atoms with Crippen molar-refractivity contribution < 1.29 is 49.0 Å². The molecule has 1 fully saturated rings. The lowest BCUT2D eigenvalue weighted by atomic mass is 9.80. The maximum atomic E-state index is 13.2. The van der Waals surface area contributed by atoms with Crippen molar-refractivity contribution in [3.63, 3.8) is 0 Å². The molecule has 3 rings (SSSR count). The molecule has 2 heterocycles. The normalized spacial score (nSPS) is 27.3. The number of esters is 2. The molecule has 1 saturated heterocycles. The summed E-state index contributed by atoms with van der Waals surface area (Å²) < 4.78 is 21.5. The highest BCUT2D eigenvalue weighted by atomic mass is 35.5. The van der Waals surface area contributed by atoms with Crippen LogP contribution in [-0.4, -0.2) is 103 Å². The number of benzene rings is 1. The van der Waals surface area contributed by atoms with E-state index in [1.54, 1.807) is 38.1 Å². The molecule has 0 aliphatic carbocycles. The van der Waals surface area contributed by atoms with Gasteiger partial charge in [-0.3, -0.25) is 5.32 Å². The van der Waals surface area contributed by atoms with Gasteiger partial charge in [-0.2, -0.15) is 0 Å². The van der Waals surface area contributed by atoms with Gasteiger partial charge in [-0.1, -0.05) is 29.8 Å². The van der Waals surface area contributed by atoms with Gasteiger partial charge >= 0.3 is 11.9 Å². The van der Waals surface area contributed by atoms with Gasteiger partial charge in [0.15, 0.2) is 0 Å². The van der Waals surface area contributed by atoms with Gasteiger partial charge in [-0.25, -0.2) is 9.59 Å².